The molecule has 0 bridgehead atoms. The van der Waals surface area contributed by atoms with Crippen molar-refractivity contribution in [3.8, 4) is 6.07 Å². The van der Waals surface area contributed by atoms with Crippen LogP contribution in [0.2, 0.25) is 0 Å². The summed E-state index contributed by atoms with van der Waals surface area (Å²) in [5.74, 6) is 0.698. The highest BCUT2D eigenvalue weighted by Gasteiger charge is 2.29. The summed E-state index contributed by atoms with van der Waals surface area (Å²) in [6.45, 7) is 0. The molecule has 0 radical (unpaired) electrons. The quantitative estimate of drug-likeness (QED) is 0.734. The molecular weight excluding hydrogens is 353 g/mol. The normalized spacial score (nSPS) is 13.3. The first-order valence-corrected chi connectivity index (χ1v) is 6.74. The Bertz CT molecular complexity index is 704. The highest BCUT2D eigenvalue weighted by atomic mass is 127. The van der Waals surface area contributed by atoms with Gasteiger partial charge in [-0.3, -0.25) is 9.69 Å². The molecular formula is C14H8IN3O. The highest BCUT2D eigenvalue weighted by molar-refractivity contribution is 14.1. The lowest BCUT2D eigenvalue weighted by Crippen LogP contribution is -2.21. The maximum Gasteiger partial charge on any atom is 0.237 e. The average molecular weight is 361 g/mol. The summed E-state index contributed by atoms with van der Waals surface area (Å²) < 4.78 is 1.02. The van der Waals surface area contributed by atoms with E-state index in [0.29, 0.717) is 17.8 Å². The molecule has 1 aromatic carbocycles. The molecule has 19 heavy (non-hydrogen) atoms. The van der Waals surface area contributed by atoms with E-state index < -0.39 is 0 Å². The molecule has 2 heterocycles. The molecule has 0 unspecified atom stereocenters. The van der Waals surface area contributed by atoms with Gasteiger partial charge in [-0.15, -0.1) is 0 Å². The van der Waals surface area contributed by atoms with Crippen LogP contribution in [0, 0.1) is 14.9 Å². The third-order valence-corrected chi connectivity index (χ3v) is 3.56. The number of carbonyl (C=O) groups excluding carboxylic acids is 1. The second kappa shape index (κ2) is 4.63. The van der Waals surface area contributed by atoms with E-state index in [-0.39, 0.29) is 5.91 Å². The zero-order chi connectivity index (χ0) is 13.4. The molecule has 1 aliphatic rings. The van der Waals surface area contributed by atoms with E-state index in [9.17, 15) is 4.79 Å². The fourth-order valence-corrected chi connectivity index (χ4v) is 2.63. The Kier molecular flexibility index (Phi) is 2.95. The van der Waals surface area contributed by atoms with Crippen molar-refractivity contribution in [1.29, 1.82) is 5.26 Å². The molecule has 2 aromatic rings. The van der Waals surface area contributed by atoms with E-state index >= 15 is 0 Å². The van der Waals surface area contributed by atoms with Crippen molar-refractivity contribution in [3.05, 3.63) is 51.2 Å². The zero-order valence-electron chi connectivity index (χ0n) is 9.80. The largest absolute Gasteiger partial charge is 0.274 e. The molecule has 0 spiro atoms. The lowest BCUT2D eigenvalue weighted by Gasteiger charge is -2.16. The fourth-order valence-electron chi connectivity index (χ4n) is 2.12. The van der Waals surface area contributed by atoms with Gasteiger partial charge in [0.25, 0.3) is 0 Å². The molecule has 1 amide bonds. The summed E-state index contributed by atoms with van der Waals surface area (Å²) in [5.41, 5.74) is 2.27. The molecule has 1 aromatic heterocycles. The molecule has 0 saturated heterocycles. The van der Waals surface area contributed by atoms with E-state index in [1.54, 1.807) is 35.4 Å². The number of halogens is 1. The number of aromatic nitrogens is 1. The number of nitriles is 1. The minimum Gasteiger partial charge on any atom is -0.274 e. The number of hydrogen-bond acceptors (Lipinski definition) is 3. The van der Waals surface area contributed by atoms with Crippen LogP contribution in [0.3, 0.4) is 0 Å². The van der Waals surface area contributed by atoms with Crippen molar-refractivity contribution in [3.63, 3.8) is 0 Å². The Hall–Kier alpha value is -1.94. The van der Waals surface area contributed by atoms with E-state index in [2.05, 4.69) is 33.6 Å². The number of carbonyl (C=O) groups is 1. The average Bonchev–Trinajstić information content (AvgIpc) is 2.74. The predicted molar refractivity (Wildman–Crippen MR) is 79.0 cm³/mol. The highest BCUT2D eigenvalue weighted by Crippen LogP contribution is 2.34. The van der Waals surface area contributed by atoms with Gasteiger partial charge in [0.2, 0.25) is 5.91 Å². The van der Waals surface area contributed by atoms with E-state index in [1.807, 2.05) is 6.07 Å². The molecule has 1 aliphatic heterocycles. The Morgan fingerprint density at radius 2 is 2.05 bits per heavy atom. The topological polar surface area (TPSA) is 57.0 Å². The van der Waals surface area contributed by atoms with E-state index in [0.717, 1.165) is 14.8 Å². The Morgan fingerprint density at radius 1 is 1.32 bits per heavy atom. The molecule has 0 aliphatic carbocycles. The Labute approximate surface area is 123 Å². The lowest BCUT2D eigenvalue weighted by molar-refractivity contribution is -0.116. The lowest BCUT2D eigenvalue weighted by atomic mass is 10.2. The standard InChI is InChI=1S/C14H8IN3O/c15-11-5-10-6-13(19)18(14(10)17-8-11)12-3-1-9(7-16)2-4-12/h1-5,8H,6H2. The number of fused-ring (bicyclic) bond motifs is 1. The molecule has 92 valence electrons. The van der Waals surface area contributed by atoms with Crippen LogP contribution in [0.5, 0.6) is 0 Å². The third kappa shape index (κ3) is 2.08. The minimum atomic E-state index is 0.00853. The minimum absolute atomic E-state index is 0.00853. The number of rotatable bonds is 1. The molecule has 5 heteroatoms. The maximum atomic E-state index is 12.1. The smallest absolute Gasteiger partial charge is 0.237 e. The summed E-state index contributed by atoms with van der Waals surface area (Å²) in [7, 11) is 0. The van der Waals surface area contributed by atoms with E-state index in [1.165, 1.54) is 0 Å². The van der Waals surface area contributed by atoms with Crippen LogP contribution in [0.15, 0.2) is 36.5 Å². The van der Waals surface area contributed by atoms with Crippen molar-refractivity contribution < 1.29 is 4.79 Å². The maximum absolute atomic E-state index is 12.1. The van der Waals surface area contributed by atoms with Gasteiger partial charge in [-0.2, -0.15) is 5.26 Å². The molecule has 4 nitrogen and oxygen atoms in total. The van der Waals surface area contributed by atoms with Crippen LogP contribution >= 0.6 is 22.6 Å². The third-order valence-electron chi connectivity index (χ3n) is 2.97. The fraction of sp³-hybridized carbons (Fsp3) is 0.0714. The first-order chi connectivity index (χ1) is 9.19. The first-order valence-electron chi connectivity index (χ1n) is 5.66. The number of amides is 1. The Balaban J connectivity index is 2.06. The van der Waals surface area contributed by atoms with Gasteiger partial charge < -0.3 is 0 Å². The van der Waals surface area contributed by atoms with Gasteiger partial charge in [-0.25, -0.2) is 4.98 Å². The van der Waals surface area contributed by atoms with Crippen LogP contribution < -0.4 is 4.90 Å². The van der Waals surface area contributed by atoms with Crippen LogP contribution in [0.1, 0.15) is 11.1 Å². The van der Waals surface area contributed by atoms with E-state index in [4.69, 9.17) is 5.26 Å². The van der Waals surface area contributed by atoms with Gasteiger partial charge in [0.05, 0.1) is 23.7 Å². The van der Waals surface area contributed by atoms with Gasteiger partial charge >= 0.3 is 0 Å². The number of nitrogens with zero attached hydrogens (tertiary/aromatic N) is 3. The molecule has 3 rings (SSSR count). The summed E-state index contributed by atoms with van der Waals surface area (Å²) >= 11 is 2.18. The van der Waals surface area contributed by atoms with Gasteiger partial charge in [0.1, 0.15) is 5.82 Å². The van der Waals surface area contributed by atoms with Gasteiger partial charge in [0.15, 0.2) is 0 Å². The van der Waals surface area contributed by atoms with Crippen LogP contribution in [0.4, 0.5) is 11.5 Å². The first kappa shape index (κ1) is 12.1. The summed E-state index contributed by atoms with van der Waals surface area (Å²) in [4.78, 5) is 18.1. The van der Waals surface area contributed by atoms with Crippen molar-refractivity contribution >= 4 is 40.0 Å². The zero-order valence-corrected chi connectivity index (χ0v) is 12.0. The van der Waals surface area contributed by atoms with Crippen molar-refractivity contribution in [2.75, 3.05) is 4.90 Å². The van der Waals surface area contributed by atoms with Crippen LogP contribution in [-0.2, 0) is 11.2 Å². The van der Waals surface area contributed by atoms with Crippen molar-refractivity contribution in [1.82, 2.24) is 4.98 Å². The molecule has 0 saturated carbocycles. The van der Waals surface area contributed by atoms with Gasteiger partial charge in [0, 0.05) is 15.3 Å². The predicted octanol–water partition coefficient (Wildman–Crippen LogP) is 2.78. The number of pyridine rings is 1. The summed E-state index contributed by atoms with van der Waals surface area (Å²) in [5, 5.41) is 8.79. The summed E-state index contributed by atoms with van der Waals surface area (Å²) in [6, 6.07) is 11.0. The summed E-state index contributed by atoms with van der Waals surface area (Å²) in [6.07, 6.45) is 2.12. The number of hydrogen-bond donors (Lipinski definition) is 0. The second-order valence-electron chi connectivity index (χ2n) is 4.20. The van der Waals surface area contributed by atoms with Gasteiger partial charge in [-0.05, 0) is 52.9 Å². The molecule has 0 N–H and O–H groups in total. The second-order valence-corrected chi connectivity index (χ2v) is 5.45. The monoisotopic (exact) mass is 361 g/mol. The van der Waals surface area contributed by atoms with Crippen LogP contribution in [0.25, 0.3) is 0 Å². The SMILES string of the molecule is N#Cc1ccc(N2C(=O)Cc3cc(I)cnc32)cc1. The number of benzene rings is 1. The molecule has 0 fully saturated rings. The van der Waals surface area contributed by atoms with Crippen molar-refractivity contribution in [2.45, 2.75) is 6.42 Å². The number of anilines is 2. The molecule has 0 atom stereocenters. The van der Waals surface area contributed by atoms with Crippen LogP contribution in [-0.4, -0.2) is 10.9 Å². The van der Waals surface area contributed by atoms with Gasteiger partial charge in [-0.1, -0.05) is 0 Å². The Morgan fingerprint density at radius 3 is 2.74 bits per heavy atom. The van der Waals surface area contributed by atoms with Crippen molar-refractivity contribution in [2.24, 2.45) is 0 Å².